The highest BCUT2D eigenvalue weighted by Gasteiger charge is 2.21. The van der Waals surface area contributed by atoms with Crippen LogP contribution in [0.3, 0.4) is 0 Å². The van der Waals surface area contributed by atoms with Gasteiger partial charge in [0.2, 0.25) is 0 Å². The normalized spacial score (nSPS) is 13.4. The van der Waals surface area contributed by atoms with Crippen LogP contribution in [0.4, 0.5) is 0 Å². The van der Waals surface area contributed by atoms with Crippen molar-refractivity contribution in [2.45, 2.75) is 369 Å². The second-order valence-electron chi connectivity index (χ2n) is 29.1. The number of nitrogens with zero attached hydrogens (tertiary/aromatic N) is 3. The van der Waals surface area contributed by atoms with Crippen LogP contribution in [0.25, 0.3) is 0 Å². The van der Waals surface area contributed by atoms with Gasteiger partial charge in [0.25, 0.3) is 0 Å². The van der Waals surface area contributed by atoms with Gasteiger partial charge in [0.15, 0.2) is 34.5 Å². The summed E-state index contributed by atoms with van der Waals surface area (Å²) < 4.78 is 40.0. The van der Waals surface area contributed by atoms with Gasteiger partial charge in [-0.15, -0.1) is 0 Å². The van der Waals surface area contributed by atoms with E-state index < -0.39 is 0 Å². The van der Waals surface area contributed by atoms with E-state index in [9.17, 15) is 0 Å². The molecule has 9 heteroatoms. The molecule has 1 aliphatic heterocycles. The van der Waals surface area contributed by atoms with Crippen LogP contribution in [-0.2, 0) is 19.6 Å². The monoisotopic (exact) mass is 1340 g/mol. The number of ether oxygens (including phenoxy) is 6. The molecule has 0 aliphatic carbocycles. The van der Waals surface area contributed by atoms with Gasteiger partial charge in [-0.05, 0) is 91.6 Å². The second kappa shape index (κ2) is 61.2. The van der Waals surface area contributed by atoms with Gasteiger partial charge in [0.1, 0.15) is 0 Å². The lowest BCUT2D eigenvalue weighted by molar-refractivity contribution is 0.208. The molecule has 3 aromatic carbocycles. The summed E-state index contributed by atoms with van der Waals surface area (Å²) in [6.07, 6.45) is 61.9. The highest BCUT2D eigenvalue weighted by Crippen LogP contribution is 2.34. The number of hydrogen-bond acceptors (Lipinski definition) is 9. The van der Waals surface area contributed by atoms with E-state index in [0.29, 0.717) is 0 Å². The first-order valence-electron chi connectivity index (χ1n) is 41.8. The average Bonchev–Trinajstić information content (AvgIpc) is 1.17. The summed E-state index contributed by atoms with van der Waals surface area (Å²) in [6, 6.07) is 20.5. The van der Waals surface area contributed by atoms with E-state index in [1.165, 1.54) is 286 Å². The maximum atomic E-state index is 6.73. The van der Waals surface area contributed by atoms with Gasteiger partial charge < -0.3 is 28.4 Å². The van der Waals surface area contributed by atoms with Crippen LogP contribution >= 0.6 is 0 Å². The van der Waals surface area contributed by atoms with Gasteiger partial charge in [-0.3, -0.25) is 14.7 Å². The highest BCUT2D eigenvalue weighted by atomic mass is 16.5. The summed E-state index contributed by atoms with van der Waals surface area (Å²) in [7, 11) is 0. The van der Waals surface area contributed by atoms with Crippen molar-refractivity contribution in [1.82, 2.24) is 14.7 Å². The number of unbranched alkanes of at least 4 members (excludes halogenated alkanes) is 42. The van der Waals surface area contributed by atoms with Crippen molar-refractivity contribution in [2.75, 3.05) is 78.9 Å². The SMILES string of the molecule is CCCCCCCCCCOc1ccc(CN2CCN(Cc3ccc(OCCCCCCCCCC)c(OCCCCCCCCCC)c3)CCN(Cc3ccc(OCCCCCCCCCC)c(OCCCCCCCCCC)c3)CC2)cc1OCCCCCCCCCC. The Morgan fingerprint density at radius 1 is 0.198 bits per heavy atom. The molecular formula is C87H153N3O6. The average molecular weight is 1340 g/mol. The summed E-state index contributed by atoms with van der Waals surface area (Å²) in [5, 5.41) is 0. The number of hydrogen-bond donors (Lipinski definition) is 0. The largest absolute Gasteiger partial charge is 0.490 e. The molecule has 96 heavy (non-hydrogen) atoms. The zero-order chi connectivity index (χ0) is 68.1. The van der Waals surface area contributed by atoms with Crippen LogP contribution < -0.4 is 28.4 Å². The molecule has 1 fully saturated rings. The minimum absolute atomic E-state index is 0.733. The molecule has 552 valence electrons. The van der Waals surface area contributed by atoms with E-state index in [1.807, 2.05) is 0 Å². The van der Waals surface area contributed by atoms with Crippen LogP contribution in [0.5, 0.6) is 34.5 Å². The molecule has 0 atom stereocenters. The van der Waals surface area contributed by atoms with Crippen LogP contribution in [0.1, 0.15) is 366 Å². The molecule has 1 saturated heterocycles. The predicted molar refractivity (Wildman–Crippen MR) is 414 cm³/mol. The smallest absolute Gasteiger partial charge is 0.161 e. The molecule has 0 unspecified atom stereocenters. The fraction of sp³-hybridized carbons (Fsp3) is 0.793. The van der Waals surface area contributed by atoms with Gasteiger partial charge in [-0.2, -0.15) is 0 Å². The Morgan fingerprint density at radius 3 is 0.531 bits per heavy atom. The van der Waals surface area contributed by atoms with Crippen molar-refractivity contribution < 1.29 is 28.4 Å². The van der Waals surface area contributed by atoms with Gasteiger partial charge in [0.05, 0.1) is 39.6 Å². The van der Waals surface area contributed by atoms with Crippen molar-refractivity contribution in [3.8, 4) is 34.5 Å². The second-order valence-corrected chi connectivity index (χ2v) is 29.1. The first kappa shape index (κ1) is 84.8. The van der Waals surface area contributed by atoms with Crippen molar-refractivity contribution in [3.05, 3.63) is 71.3 Å². The molecule has 0 amide bonds. The molecule has 1 heterocycles. The third-order valence-corrected chi connectivity index (χ3v) is 20.0. The van der Waals surface area contributed by atoms with E-state index in [1.54, 1.807) is 0 Å². The zero-order valence-corrected chi connectivity index (χ0v) is 64.0. The molecule has 0 aromatic heterocycles. The highest BCUT2D eigenvalue weighted by molar-refractivity contribution is 5.45. The Hall–Kier alpha value is -3.66. The summed E-state index contributed by atoms with van der Waals surface area (Å²) in [5.74, 6) is 5.45. The Labute approximate surface area is 594 Å². The van der Waals surface area contributed by atoms with Gasteiger partial charge in [-0.1, -0.05) is 329 Å². The molecule has 0 N–H and O–H groups in total. The molecular weight excluding hydrogens is 1180 g/mol. The van der Waals surface area contributed by atoms with Crippen LogP contribution in [0.15, 0.2) is 54.6 Å². The van der Waals surface area contributed by atoms with E-state index in [-0.39, 0.29) is 0 Å². The molecule has 0 spiro atoms. The van der Waals surface area contributed by atoms with Gasteiger partial charge in [0, 0.05) is 58.9 Å². The molecule has 0 saturated carbocycles. The molecule has 3 aromatic rings. The Morgan fingerprint density at radius 2 is 0.354 bits per heavy atom. The molecule has 0 bridgehead atoms. The summed E-state index contributed by atoms with van der Waals surface area (Å²) in [6.45, 7) is 26.7. The van der Waals surface area contributed by atoms with Gasteiger partial charge in [-0.25, -0.2) is 0 Å². The lowest BCUT2D eigenvalue weighted by atomic mass is 10.1. The molecule has 9 nitrogen and oxygen atoms in total. The maximum absolute atomic E-state index is 6.73. The Balaban J connectivity index is 1.58. The number of benzene rings is 3. The standard InChI is InChI=1S/C87H153N3O6/c1-7-13-19-25-31-37-43-49-67-91-82-58-55-79(73-85(82)94-70-52-46-40-34-28-22-16-10-4)76-88-61-63-89(77-80-56-59-83(92-68-50-44-38-32-26-20-14-8-2)86(74-80)95-71-53-47-41-35-29-23-17-11-5)65-66-90(64-62-88)78-81-57-60-84(93-69-51-45-39-33-27-21-15-9-3)87(75-81)96-72-54-48-42-36-30-24-18-12-6/h55-60,73-75H,7-54,61-72,76-78H2,1-6H3. The van der Waals surface area contributed by atoms with Crippen molar-refractivity contribution >= 4 is 0 Å². The zero-order valence-electron chi connectivity index (χ0n) is 64.0. The van der Waals surface area contributed by atoms with Crippen LogP contribution in [0.2, 0.25) is 0 Å². The van der Waals surface area contributed by atoms with Gasteiger partial charge >= 0.3 is 0 Å². The van der Waals surface area contributed by atoms with E-state index >= 15 is 0 Å². The van der Waals surface area contributed by atoms with Crippen LogP contribution in [-0.4, -0.2) is 93.6 Å². The van der Waals surface area contributed by atoms with Crippen molar-refractivity contribution in [2.24, 2.45) is 0 Å². The maximum Gasteiger partial charge on any atom is 0.161 e. The van der Waals surface area contributed by atoms with Crippen molar-refractivity contribution in [1.29, 1.82) is 0 Å². The lowest BCUT2D eigenvalue weighted by Crippen LogP contribution is -2.35. The topological polar surface area (TPSA) is 65.1 Å². The fourth-order valence-electron chi connectivity index (χ4n) is 13.6. The van der Waals surface area contributed by atoms with E-state index in [2.05, 4.69) is 111 Å². The minimum atomic E-state index is 0.733. The summed E-state index contributed by atoms with van der Waals surface area (Å²) in [5.41, 5.74) is 3.87. The molecule has 0 radical (unpaired) electrons. The van der Waals surface area contributed by atoms with Crippen LogP contribution in [0, 0.1) is 0 Å². The molecule has 4 rings (SSSR count). The summed E-state index contributed by atoms with van der Waals surface area (Å²) in [4.78, 5) is 8.10. The third kappa shape index (κ3) is 43.8. The third-order valence-electron chi connectivity index (χ3n) is 20.0. The first-order chi connectivity index (χ1) is 47.5. The quantitative estimate of drug-likeness (QED) is 0.0514. The minimum Gasteiger partial charge on any atom is -0.490 e. The summed E-state index contributed by atoms with van der Waals surface area (Å²) >= 11 is 0. The Bertz CT molecular complexity index is 1950. The van der Waals surface area contributed by atoms with E-state index in [0.717, 1.165) is 172 Å². The predicted octanol–water partition coefficient (Wildman–Crippen LogP) is 25.6. The molecule has 1 aliphatic rings. The Kier molecular flexibility index (Phi) is 54.1. The lowest BCUT2D eigenvalue weighted by Gasteiger charge is -2.26. The first-order valence-corrected chi connectivity index (χ1v) is 41.8. The van der Waals surface area contributed by atoms with Crippen molar-refractivity contribution in [3.63, 3.8) is 0 Å². The fourth-order valence-corrected chi connectivity index (χ4v) is 13.6. The number of rotatable bonds is 66. The van der Waals surface area contributed by atoms with E-state index in [4.69, 9.17) is 28.4 Å².